The Labute approximate surface area is 79.4 Å². The second kappa shape index (κ2) is 5.54. The Morgan fingerprint density at radius 3 is 3.00 bits per heavy atom. The Bertz CT molecular complexity index is 248. The van der Waals surface area contributed by atoms with E-state index < -0.39 is 0 Å². The van der Waals surface area contributed by atoms with Gasteiger partial charge in [-0.2, -0.15) is 0 Å². The molecule has 72 valence electrons. The molecular weight excluding hydrogens is 162 g/mol. The first kappa shape index (κ1) is 9.99. The molecule has 0 saturated heterocycles. The molecule has 1 heterocycles. The van der Waals surface area contributed by atoms with Crippen LogP contribution < -0.4 is 11.1 Å². The number of unbranched alkanes of at least 4 members (excludes halogenated alkanes) is 1. The van der Waals surface area contributed by atoms with Crippen molar-refractivity contribution in [2.45, 2.75) is 19.3 Å². The molecule has 0 fully saturated rings. The number of rotatable bonds is 5. The Morgan fingerprint density at radius 2 is 2.31 bits per heavy atom. The first-order valence-corrected chi connectivity index (χ1v) is 4.67. The zero-order chi connectivity index (χ0) is 9.52. The van der Waals surface area contributed by atoms with E-state index in [2.05, 4.69) is 10.3 Å². The molecule has 0 aromatic carbocycles. The fourth-order valence-electron chi connectivity index (χ4n) is 1.26. The fraction of sp³-hybridized carbons (Fsp3) is 0.500. The van der Waals surface area contributed by atoms with Gasteiger partial charge in [0, 0.05) is 18.1 Å². The molecule has 3 heteroatoms. The van der Waals surface area contributed by atoms with E-state index in [1.165, 1.54) is 12.0 Å². The lowest BCUT2D eigenvalue weighted by atomic mass is 10.1. The number of nitrogens with zero attached hydrogens (tertiary/aromatic N) is 1. The average Bonchev–Trinajstić information content (AvgIpc) is 2.15. The summed E-state index contributed by atoms with van der Waals surface area (Å²) in [7, 11) is 1.97. The molecule has 1 aromatic heterocycles. The number of anilines is 1. The van der Waals surface area contributed by atoms with Gasteiger partial charge >= 0.3 is 0 Å². The number of hydrogen-bond donors (Lipinski definition) is 2. The maximum atomic E-state index is 5.78. The minimum Gasteiger partial charge on any atom is -0.398 e. The van der Waals surface area contributed by atoms with Gasteiger partial charge in [-0.25, -0.2) is 0 Å². The number of hydrogen-bond acceptors (Lipinski definition) is 3. The van der Waals surface area contributed by atoms with Crippen molar-refractivity contribution in [1.29, 1.82) is 0 Å². The van der Waals surface area contributed by atoms with Crippen LogP contribution in [0.25, 0.3) is 0 Å². The highest BCUT2D eigenvalue weighted by Crippen LogP contribution is 2.11. The quantitative estimate of drug-likeness (QED) is 0.668. The molecule has 0 atom stereocenters. The van der Waals surface area contributed by atoms with Crippen LogP contribution in [0.4, 0.5) is 5.69 Å². The summed E-state index contributed by atoms with van der Waals surface area (Å²) in [6, 6.07) is 1.85. The van der Waals surface area contributed by atoms with Gasteiger partial charge in [-0.3, -0.25) is 4.98 Å². The van der Waals surface area contributed by atoms with Gasteiger partial charge in [-0.05, 0) is 44.5 Å². The topological polar surface area (TPSA) is 50.9 Å². The van der Waals surface area contributed by atoms with Crippen LogP contribution in [-0.4, -0.2) is 18.6 Å². The molecule has 0 radical (unpaired) electrons. The largest absolute Gasteiger partial charge is 0.398 e. The number of nitrogens with two attached hydrogens (primary N) is 1. The van der Waals surface area contributed by atoms with Crippen molar-refractivity contribution in [3.63, 3.8) is 0 Å². The van der Waals surface area contributed by atoms with Crippen LogP contribution in [-0.2, 0) is 6.42 Å². The van der Waals surface area contributed by atoms with Crippen molar-refractivity contribution in [2.75, 3.05) is 19.3 Å². The van der Waals surface area contributed by atoms with Gasteiger partial charge < -0.3 is 11.1 Å². The van der Waals surface area contributed by atoms with E-state index >= 15 is 0 Å². The van der Waals surface area contributed by atoms with Crippen molar-refractivity contribution < 1.29 is 0 Å². The van der Waals surface area contributed by atoms with Gasteiger partial charge in [0.05, 0.1) is 0 Å². The molecule has 0 amide bonds. The number of pyridine rings is 1. The third-order valence-corrected chi connectivity index (χ3v) is 2.06. The third kappa shape index (κ3) is 3.42. The molecular formula is C10H17N3. The summed E-state index contributed by atoms with van der Waals surface area (Å²) in [6.45, 7) is 1.07. The summed E-state index contributed by atoms with van der Waals surface area (Å²) in [6.07, 6.45) is 6.96. The monoisotopic (exact) mass is 179 g/mol. The van der Waals surface area contributed by atoms with E-state index in [9.17, 15) is 0 Å². The minimum atomic E-state index is 0.861. The van der Waals surface area contributed by atoms with Crippen LogP contribution in [0.1, 0.15) is 18.4 Å². The SMILES string of the molecule is CNCCCCc1cnccc1N. The number of nitrogen functional groups attached to an aromatic ring is 1. The Morgan fingerprint density at radius 1 is 1.46 bits per heavy atom. The molecule has 0 unspecified atom stereocenters. The first-order valence-electron chi connectivity index (χ1n) is 4.67. The Hall–Kier alpha value is -1.09. The summed E-state index contributed by atoms with van der Waals surface area (Å²) in [5.41, 5.74) is 7.81. The summed E-state index contributed by atoms with van der Waals surface area (Å²) in [5.74, 6) is 0. The Balaban J connectivity index is 2.32. The molecule has 3 nitrogen and oxygen atoms in total. The maximum absolute atomic E-state index is 5.78. The number of nitrogens with one attached hydrogen (secondary N) is 1. The maximum Gasteiger partial charge on any atom is 0.0377 e. The second-order valence-electron chi connectivity index (χ2n) is 3.14. The molecule has 3 N–H and O–H groups in total. The number of aromatic nitrogens is 1. The molecule has 1 aromatic rings. The third-order valence-electron chi connectivity index (χ3n) is 2.06. The molecule has 0 aliphatic rings. The lowest BCUT2D eigenvalue weighted by Gasteiger charge is -2.03. The first-order chi connectivity index (χ1) is 6.34. The summed E-state index contributed by atoms with van der Waals surface area (Å²) in [5, 5.41) is 3.12. The predicted molar refractivity (Wildman–Crippen MR) is 55.5 cm³/mol. The van der Waals surface area contributed by atoms with E-state index in [1.54, 1.807) is 6.20 Å². The smallest absolute Gasteiger partial charge is 0.0377 e. The van der Waals surface area contributed by atoms with E-state index in [4.69, 9.17) is 5.73 Å². The predicted octanol–water partition coefficient (Wildman–Crippen LogP) is 1.21. The van der Waals surface area contributed by atoms with Gasteiger partial charge in [0.25, 0.3) is 0 Å². The minimum absolute atomic E-state index is 0.861. The molecule has 0 saturated carbocycles. The van der Waals surface area contributed by atoms with E-state index in [1.807, 2.05) is 19.3 Å². The normalized spacial score (nSPS) is 10.2. The zero-order valence-electron chi connectivity index (χ0n) is 8.09. The van der Waals surface area contributed by atoms with Crippen LogP contribution >= 0.6 is 0 Å². The zero-order valence-corrected chi connectivity index (χ0v) is 8.09. The molecule has 0 spiro atoms. The van der Waals surface area contributed by atoms with Crippen molar-refractivity contribution in [2.24, 2.45) is 0 Å². The van der Waals surface area contributed by atoms with E-state index in [0.29, 0.717) is 0 Å². The van der Waals surface area contributed by atoms with Crippen molar-refractivity contribution in [3.8, 4) is 0 Å². The van der Waals surface area contributed by atoms with Gasteiger partial charge in [-0.1, -0.05) is 0 Å². The lowest BCUT2D eigenvalue weighted by molar-refractivity contribution is 0.677. The molecule has 13 heavy (non-hydrogen) atoms. The second-order valence-corrected chi connectivity index (χ2v) is 3.14. The molecule has 0 aliphatic carbocycles. The molecule has 1 rings (SSSR count). The van der Waals surface area contributed by atoms with Gasteiger partial charge in [0.15, 0.2) is 0 Å². The average molecular weight is 179 g/mol. The van der Waals surface area contributed by atoms with Crippen LogP contribution in [0.3, 0.4) is 0 Å². The highest BCUT2D eigenvalue weighted by molar-refractivity contribution is 5.44. The summed E-state index contributed by atoms with van der Waals surface area (Å²) >= 11 is 0. The summed E-state index contributed by atoms with van der Waals surface area (Å²) < 4.78 is 0. The van der Waals surface area contributed by atoms with E-state index in [-0.39, 0.29) is 0 Å². The highest BCUT2D eigenvalue weighted by atomic mass is 14.8. The Kier molecular flexibility index (Phi) is 4.26. The van der Waals surface area contributed by atoms with Gasteiger partial charge in [-0.15, -0.1) is 0 Å². The molecule has 0 bridgehead atoms. The molecule has 0 aliphatic heterocycles. The standard InChI is InChI=1S/C10H17N3/c1-12-6-3-2-4-9-8-13-7-5-10(9)11/h5,7-8,12H,2-4,6H2,1H3,(H2,11,13). The van der Waals surface area contributed by atoms with Crippen molar-refractivity contribution in [1.82, 2.24) is 10.3 Å². The lowest BCUT2D eigenvalue weighted by Crippen LogP contribution is -2.07. The summed E-state index contributed by atoms with van der Waals surface area (Å²) in [4.78, 5) is 4.05. The van der Waals surface area contributed by atoms with Crippen LogP contribution in [0.5, 0.6) is 0 Å². The van der Waals surface area contributed by atoms with Crippen LogP contribution in [0.15, 0.2) is 18.5 Å². The van der Waals surface area contributed by atoms with Crippen LogP contribution in [0, 0.1) is 0 Å². The van der Waals surface area contributed by atoms with Crippen molar-refractivity contribution >= 4 is 5.69 Å². The van der Waals surface area contributed by atoms with E-state index in [0.717, 1.165) is 25.1 Å². The number of aryl methyl sites for hydroxylation is 1. The highest BCUT2D eigenvalue weighted by Gasteiger charge is 1.97. The van der Waals surface area contributed by atoms with Gasteiger partial charge in [0.1, 0.15) is 0 Å². The fourth-order valence-corrected chi connectivity index (χ4v) is 1.26. The van der Waals surface area contributed by atoms with Gasteiger partial charge in [0.2, 0.25) is 0 Å². The van der Waals surface area contributed by atoms with Crippen molar-refractivity contribution in [3.05, 3.63) is 24.0 Å². The van der Waals surface area contributed by atoms with Crippen LogP contribution in [0.2, 0.25) is 0 Å².